The van der Waals surface area contributed by atoms with E-state index in [2.05, 4.69) is 22.9 Å². The molecule has 138 valence electrons. The van der Waals surface area contributed by atoms with Crippen molar-refractivity contribution in [2.75, 3.05) is 23.7 Å². The molecule has 26 heavy (non-hydrogen) atoms. The number of unbranched alkanes of at least 4 members (excludes halogenated alkanes) is 1. The maximum Gasteiger partial charge on any atom is 0.251 e. The normalized spacial score (nSPS) is 10.3. The largest absolute Gasteiger partial charge is 0.376 e. The van der Waals surface area contributed by atoms with Crippen LogP contribution in [-0.4, -0.2) is 24.9 Å². The molecule has 0 atom stereocenters. The van der Waals surface area contributed by atoms with Gasteiger partial charge in [0, 0.05) is 23.5 Å². The Morgan fingerprint density at radius 2 is 1.81 bits per heavy atom. The van der Waals surface area contributed by atoms with Crippen LogP contribution in [0.3, 0.4) is 0 Å². The van der Waals surface area contributed by atoms with Crippen LogP contribution in [-0.2, 0) is 4.79 Å². The number of benzene rings is 2. The van der Waals surface area contributed by atoms with E-state index in [1.54, 1.807) is 42.5 Å². The van der Waals surface area contributed by atoms with Gasteiger partial charge >= 0.3 is 0 Å². The fourth-order valence-corrected chi connectivity index (χ4v) is 2.51. The number of rotatable bonds is 8. The third-order valence-electron chi connectivity index (χ3n) is 3.60. The van der Waals surface area contributed by atoms with Gasteiger partial charge in [0.15, 0.2) is 0 Å². The van der Waals surface area contributed by atoms with Crippen LogP contribution in [0.2, 0.25) is 10.0 Å². The highest BCUT2D eigenvalue weighted by Crippen LogP contribution is 2.24. The quantitative estimate of drug-likeness (QED) is 0.575. The van der Waals surface area contributed by atoms with Crippen LogP contribution < -0.4 is 16.0 Å². The summed E-state index contributed by atoms with van der Waals surface area (Å²) in [4.78, 5) is 24.1. The Bertz CT molecular complexity index is 781. The second-order valence-electron chi connectivity index (χ2n) is 5.72. The summed E-state index contributed by atoms with van der Waals surface area (Å²) in [6.07, 6.45) is 1.97. The van der Waals surface area contributed by atoms with Gasteiger partial charge in [-0.05, 0) is 42.8 Å². The molecule has 0 saturated carbocycles. The van der Waals surface area contributed by atoms with Crippen molar-refractivity contribution in [3.8, 4) is 0 Å². The Hall–Kier alpha value is -2.24. The van der Waals surface area contributed by atoms with E-state index < -0.39 is 0 Å². The summed E-state index contributed by atoms with van der Waals surface area (Å²) in [5, 5.41) is 9.40. The summed E-state index contributed by atoms with van der Waals surface area (Å²) in [5.41, 5.74) is 1.81. The highest BCUT2D eigenvalue weighted by molar-refractivity contribution is 6.42. The number of hydrogen-bond donors (Lipinski definition) is 3. The monoisotopic (exact) mass is 393 g/mol. The van der Waals surface area contributed by atoms with Crippen molar-refractivity contribution < 1.29 is 9.59 Å². The number of carbonyl (C=O) groups excluding carboxylic acids is 2. The molecule has 5 nitrogen and oxygen atoms in total. The number of hydrogen-bond acceptors (Lipinski definition) is 3. The van der Waals surface area contributed by atoms with Crippen LogP contribution in [0.5, 0.6) is 0 Å². The molecule has 0 aliphatic carbocycles. The minimum Gasteiger partial charge on any atom is -0.376 e. The van der Waals surface area contributed by atoms with Crippen LogP contribution in [0.1, 0.15) is 30.1 Å². The fourth-order valence-electron chi connectivity index (χ4n) is 2.21. The van der Waals surface area contributed by atoms with E-state index in [-0.39, 0.29) is 18.4 Å². The van der Waals surface area contributed by atoms with E-state index in [9.17, 15) is 9.59 Å². The molecule has 0 spiro atoms. The molecule has 0 aliphatic heterocycles. The van der Waals surface area contributed by atoms with Crippen molar-refractivity contribution in [1.82, 2.24) is 5.32 Å². The standard InChI is InChI=1S/C19H21Cl2N3O2/c1-2-3-9-22-19(26)13-5-4-6-14(10-13)23-12-18(25)24-15-7-8-16(20)17(21)11-15/h4-8,10-11,23H,2-3,9,12H2,1H3,(H,22,26)(H,24,25). The lowest BCUT2D eigenvalue weighted by molar-refractivity contribution is -0.114. The Kier molecular flexibility index (Phi) is 7.75. The fraction of sp³-hybridized carbons (Fsp3) is 0.263. The molecule has 7 heteroatoms. The maximum atomic E-state index is 12.1. The summed E-state index contributed by atoms with van der Waals surface area (Å²) < 4.78 is 0. The van der Waals surface area contributed by atoms with E-state index in [1.165, 1.54) is 0 Å². The van der Waals surface area contributed by atoms with Crippen LogP contribution in [0.15, 0.2) is 42.5 Å². The summed E-state index contributed by atoms with van der Waals surface area (Å²) in [5.74, 6) is -0.358. The van der Waals surface area contributed by atoms with Crippen molar-refractivity contribution >= 4 is 46.4 Å². The maximum absolute atomic E-state index is 12.1. The van der Waals surface area contributed by atoms with Gasteiger partial charge in [0.2, 0.25) is 5.91 Å². The highest BCUT2D eigenvalue weighted by atomic mass is 35.5. The topological polar surface area (TPSA) is 70.2 Å². The first kappa shape index (κ1) is 20.1. The summed E-state index contributed by atoms with van der Waals surface area (Å²) >= 11 is 11.8. The first-order valence-electron chi connectivity index (χ1n) is 8.36. The second kappa shape index (κ2) is 10.0. The van der Waals surface area contributed by atoms with Gasteiger partial charge in [-0.3, -0.25) is 9.59 Å². The van der Waals surface area contributed by atoms with E-state index in [1.807, 2.05) is 0 Å². The number of anilines is 2. The Morgan fingerprint density at radius 3 is 2.54 bits per heavy atom. The third kappa shape index (κ3) is 6.24. The lowest BCUT2D eigenvalue weighted by Crippen LogP contribution is -2.25. The second-order valence-corrected chi connectivity index (χ2v) is 6.54. The van der Waals surface area contributed by atoms with Crippen molar-refractivity contribution in [3.05, 3.63) is 58.1 Å². The zero-order chi connectivity index (χ0) is 18.9. The smallest absolute Gasteiger partial charge is 0.251 e. The van der Waals surface area contributed by atoms with Crippen LogP contribution in [0.4, 0.5) is 11.4 Å². The Balaban J connectivity index is 1.88. The molecule has 2 rings (SSSR count). The Labute approximate surface area is 163 Å². The average molecular weight is 394 g/mol. The number of nitrogens with one attached hydrogen (secondary N) is 3. The van der Waals surface area contributed by atoms with Gasteiger partial charge in [-0.15, -0.1) is 0 Å². The zero-order valence-electron chi connectivity index (χ0n) is 14.4. The number of halogens is 2. The van der Waals surface area contributed by atoms with Gasteiger partial charge in [0.25, 0.3) is 5.91 Å². The molecular weight excluding hydrogens is 373 g/mol. The summed E-state index contributed by atoms with van der Waals surface area (Å²) in [6, 6.07) is 11.9. The van der Waals surface area contributed by atoms with Crippen molar-refractivity contribution in [1.29, 1.82) is 0 Å². The lowest BCUT2D eigenvalue weighted by atomic mass is 10.2. The van der Waals surface area contributed by atoms with Crippen LogP contribution in [0.25, 0.3) is 0 Å². The van der Waals surface area contributed by atoms with Crippen molar-refractivity contribution in [3.63, 3.8) is 0 Å². The lowest BCUT2D eigenvalue weighted by Gasteiger charge is -2.10. The van der Waals surface area contributed by atoms with E-state index in [0.29, 0.717) is 33.5 Å². The van der Waals surface area contributed by atoms with Crippen molar-refractivity contribution in [2.24, 2.45) is 0 Å². The highest BCUT2D eigenvalue weighted by Gasteiger charge is 2.07. The van der Waals surface area contributed by atoms with Gasteiger partial charge in [-0.25, -0.2) is 0 Å². The van der Waals surface area contributed by atoms with Gasteiger partial charge < -0.3 is 16.0 Å². The molecule has 0 radical (unpaired) electrons. The predicted molar refractivity (Wildman–Crippen MR) is 107 cm³/mol. The van der Waals surface area contributed by atoms with E-state index >= 15 is 0 Å². The summed E-state index contributed by atoms with van der Waals surface area (Å²) in [7, 11) is 0. The molecule has 2 amide bonds. The van der Waals surface area contributed by atoms with Gasteiger partial charge in [-0.1, -0.05) is 42.6 Å². The minimum absolute atomic E-state index is 0.0567. The summed E-state index contributed by atoms with van der Waals surface area (Å²) in [6.45, 7) is 2.78. The van der Waals surface area contributed by atoms with E-state index in [4.69, 9.17) is 23.2 Å². The molecule has 0 bridgehead atoms. The molecule has 0 unspecified atom stereocenters. The van der Waals surface area contributed by atoms with E-state index in [0.717, 1.165) is 12.8 Å². The third-order valence-corrected chi connectivity index (χ3v) is 4.34. The first-order valence-corrected chi connectivity index (χ1v) is 9.12. The Morgan fingerprint density at radius 1 is 1.00 bits per heavy atom. The van der Waals surface area contributed by atoms with Crippen molar-refractivity contribution in [2.45, 2.75) is 19.8 Å². The van der Waals surface area contributed by atoms with Gasteiger partial charge in [0.05, 0.1) is 16.6 Å². The van der Waals surface area contributed by atoms with Gasteiger partial charge in [0.1, 0.15) is 0 Å². The molecule has 2 aromatic carbocycles. The van der Waals surface area contributed by atoms with Gasteiger partial charge in [-0.2, -0.15) is 0 Å². The number of amides is 2. The minimum atomic E-state index is -0.235. The predicted octanol–water partition coefficient (Wildman–Crippen LogP) is 4.57. The SMILES string of the molecule is CCCCNC(=O)c1cccc(NCC(=O)Nc2ccc(Cl)c(Cl)c2)c1. The molecule has 0 aliphatic rings. The molecule has 3 N–H and O–H groups in total. The van der Waals surface area contributed by atoms with Crippen LogP contribution >= 0.6 is 23.2 Å². The first-order chi connectivity index (χ1) is 12.5. The number of carbonyl (C=O) groups is 2. The van der Waals surface area contributed by atoms with Crippen LogP contribution in [0, 0.1) is 0 Å². The molecule has 0 saturated heterocycles. The zero-order valence-corrected chi connectivity index (χ0v) is 16.0. The average Bonchev–Trinajstić information content (AvgIpc) is 2.63. The molecule has 2 aromatic rings. The molecule has 0 aromatic heterocycles. The molecule has 0 heterocycles. The molecular formula is C19H21Cl2N3O2. The molecule has 0 fully saturated rings.